The van der Waals surface area contributed by atoms with Crippen LogP contribution in [0.4, 0.5) is 0 Å². The predicted molar refractivity (Wildman–Crippen MR) is 79.9 cm³/mol. The summed E-state index contributed by atoms with van der Waals surface area (Å²) < 4.78 is 5.64. The van der Waals surface area contributed by atoms with Crippen molar-refractivity contribution in [2.24, 2.45) is 11.7 Å². The average molecular weight is 276 g/mol. The molecule has 0 aliphatic carbocycles. The predicted octanol–water partition coefficient (Wildman–Crippen LogP) is 2.28. The molecule has 4 nitrogen and oxygen atoms in total. The largest absolute Gasteiger partial charge is 0.491 e. The van der Waals surface area contributed by atoms with Crippen LogP contribution in [-0.4, -0.2) is 36.0 Å². The summed E-state index contributed by atoms with van der Waals surface area (Å²) in [5.74, 6) is 1.26. The third-order valence-electron chi connectivity index (χ3n) is 3.76. The van der Waals surface area contributed by atoms with Crippen molar-refractivity contribution in [2.45, 2.75) is 39.3 Å². The fourth-order valence-corrected chi connectivity index (χ4v) is 2.44. The first kappa shape index (κ1) is 14.9. The number of benzene rings is 1. The molecule has 2 unspecified atom stereocenters. The molecule has 0 spiro atoms. The van der Waals surface area contributed by atoms with Crippen LogP contribution in [0.15, 0.2) is 24.3 Å². The van der Waals surface area contributed by atoms with Crippen molar-refractivity contribution in [2.75, 3.05) is 13.1 Å². The van der Waals surface area contributed by atoms with Crippen molar-refractivity contribution < 1.29 is 9.53 Å². The molecule has 1 aromatic carbocycles. The monoisotopic (exact) mass is 276 g/mol. The van der Waals surface area contributed by atoms with E-state index in [-0.39, 0.29) is 18.1 Å². The zero-order valence-electron chi connectivity index (χ0n) is 12.5. The van der Waals surface area contributed by atoms with Gasteiger partial charge in [-0.2, -0.15) is 0 Å². The van der Waals surface area contributed by atoms with Crippen molar-refractivity contribution in [3.63, 3.8) is 0 Å². The average Bonchev–Trinajstić information content (AvgIpc) is 2.40. The van der Waals surface area contributed by atoms with Crippen molar-refractivity contribution >= 4 is 5.91 Å². The number of amides is 1. The zero-order chi connectivity index (χ0) is 14.7. The number of hydrogen-bond donors (Lipinski definition) is 1. The lowest BCUT2D eigenvalue weighted by atomic mass is 9.94. The molecule has 4 heteroatoms. The Balaban J connectivity index is 2.09. The van der Waals surface area contributed by atoms with Gasteiger partial charge in [0.1, 0.15) is 5.75 Å². The van der Waals surface area contributed by atoms with Gasteiger partial charge in [-0.3, -0.25) is 4.79 Å². The van der Waals surface area contributed by atoms with Gasteiger partial charge in [0, 0.05) is 24.7 Å². The Hall–Kier alpha value is -1.55. The second-order valence-electron chi connectivity index (χ2n) is 5.88. The van der Waals surface area contributed by atoms with Crippen LogP contribution in [0.3, 0.4) is 0 Å². The summed E-state index contributed by atoms with van der Waals surface area (Å²) in [6.07, 6.45) is 1.07. The molecule has 20 heavy (non-hydrogen) atoms. The zero-order valence-corrected chi connectivity index (χ0v) is 12.5. The lowest BCUT2D eigenvalue weighted by molar-refractivity contribution is 0.0671. The normalized spacial score (nSPS) is 22.9. The second-order valence-corrected chi connectivity index (χ2v) is 5.88. The molecular formula is C16H24N2O2. The molecule has 1 aromatic rings. The minimum atomic E-state index is 0.0431. The second kappa shape index (κ2) is 6.27. The minimum absolute atomic E-state index is 0.0431. The molecular weight excluding hydrogens is 252 g/mol. The first-order valence-electron chi connectivity index (χ1n) is 7.29. The van der Waals surface area contributed by atoms with E-state index < -0.39 is 0 Å². The van der Waals surface area contributed by atoms with E-state index in [1.165, 1.54) is 0 Å². The maximum atomic E-state index is 12.5. The van der Waals surface area contributed by atoms with Gasteiger partial charge in [-0.05, 0) is 44.4 Å². The van der Waals surface area contributed by atoms with E-state index in [1.807, 2.05) is 43.0 Å². The van der Waals surface area contributed by atoms with Crippen molar-refractivity contribution in [1.29, 1.82) is 0 Å². The van der Waals surface area contributed by atoms with Gasteiger partial charge in [-0.25, -0.2) is 0 Å². The Labute approximate surface area is 120 Å². The van der Waals surface area contributed by atoms with Crippen molar-refractivity contribution in [3.05, 3.63) is 29.8 Å². The van der Waals surface area contributed by atoms with Gasteiger partial charge in [-0.1, -0.05) is 13.0 Å². The number of carbonyl (C=O) groups is 1. The number of nitrogens with zero attached hydrogens (tertiary/aromatic N) is 1. The highest BCUT2D eigenvalue weighted by molar-refractivity contribution is 5.94. The van der Waals surface area contributed by atoms with Gasteiger partial charge >= 0.3 is 0 Å². The van der Waals surface area contributed by atoms with Crippen molar-refractivity contribution in [1.82, 2.24) is 4.90 Å². The Morgan fingerprint density at radius 2 is 2.20 bits per heavy atom. The molecule has 2 N–H and O–H groups in total. The maximum Gasteiger partial charge on any atom is 0.254 e. The molecule has 0 bridgehead atoms. The van der Waals surface area contributed by atoms with Gasteiger partial charge in [0.25, 0.3) is 5.91 Å². The maximum absolute atomic E-state index is 12.5. The molecule has 1 aliphatic rings. The third-order valence-corrected chi connectivity index (χ3v) is 3.76. The molecule has 1 heterocycles. The first-order chi connectivity index (χ1) is 9.47. The third kappa shape index (κ3) is 3.51. The van der Waals surface area contributed by atoms with E-state index in [4.69, 9.17) is 10.5 Å². The van der Waals surface area contributed by atoms with Crippen LogP contribution in [-0.2, 0) is 0 Å². The van der Waals surface area contributed by atoms with E-state index in [2.05, 4.69) is 6.92 Å². The summed E-state index contributed by atoms with van der Waals surface area (Å²) >= 11 is 0. The number of carbonyl (C=O) groups excluding carboxylic acids is 1. The molecule has 0 saturated carbocycles. The minimum Gasteiger partial charge on any atom is -0.491 e. The molecule has 1 fully saturated rings. The van der Waals surface area contributed by atoms with Crippen molar-refractivity contribution in [3.8, 4) is 5.75 Å². The summed E-state index contributed by atoms with van der Waals surface area (Å²) in [7, 11) is 0. The highest BCUT2D eigenvalue weighted by atomic mass is 16.5. The van der Waals surface area contributed by atoms with Crippen LogP contribution >= 0.6 is 0 Å². The number of nitrogens with two attached hydrogens (primary N) is 1. The molecule has 2 atom stereocenters. The topological polar surface area (TPSA) is 55.6 Å². The summed E-state index contributed by atoms with van der Waals surface area (Å²) in [6, 6.07) is 7.45. The van der Waals surface area contributed by atoms with Gasteiger partial charge in [0.2, 0.25) is 0 Å². The molecule has 0 radical (unpaired) electrons. The number of hydrogen-bond acceptors (Lipinski definition) is 3. The van der Waals surface area contributed by atoms with E-state index >= 15 is 0 Å². The first-order valence-corrected chi connectivity index (χ1v) is 7.29. The molecule has 110 valence electrons. The summed E-state index contributed by atoms with van der Waals surface area (Å²) in [5.41, 5.74) is 6.73. The van der Waals surface area contributed by atoms with Gasteiger partial charge in [0.05, 0.1) is 6.10 Å². The Morgan fingerprint density at radius 1 is 1.45 bits per heavy atom. The lowest BCUT2D eigenvalue weighted by Gasteiger charge is -2.35. The Kier molecular flexibility index (Phi) is 4.65. The summed E-state index contributed by atoms with van der Waals surface area (Å²) in [6.45, 7) is 7.50. The number of ether oxygens (including phenoxy) is 1. The number of rotatable bonds is 3. The van der Waals surface area contributed by atoms with Gasteiger partial charge < -0.3 is 15.4 Å². The molecule has 2 rings (SSSR count). The fraction of sp³-hybridized carbons (Fsp3) is 0.562. The molecule has 1 aliphatic heterocycles. The van der Waals surface area contributed by atoms with E-state index in [0.29, 0.717) is 18.0 Å². The number of piperidine rings is 1. The van der Waals surface area contributed by atoms with E-state index in [1.54, 1.807) is 0 Å². The van der Waals surface area contributed by atoms with Crippen LogP contribution in [0.1, 0.15) is 37.6 Å². The van der Waals surface area contributed by atoms with Gasteiger partial charge in [-0.15, -0.1) is 0 Å². The van der Waals surface area contributed by atoms with E-state index in [0.717, 1.165) is 18.7 Å². The van der Waals surface area contributed by atoms with Crippen LogP contribution in [0.25, 0.3) is 0 Å². The van der Waals surface area contributed by atoms with Crippen LogP contribution in [0.5, 0.6) is 5.75 Å². The SMILES string of the molecule is CC(C)Oc1cccc(C(=O)N2CCC(C)C(N)C2)c1. The van der Waals surface area contributed by atoms with Gasteiger partial charge in [0.15, 0.2) is 0 Å². The van der Waals surface area contributed by atoms with E-state index in [9.17, 15) is 4.79 Å². The number of likely N-dealkylation sites (tertiary alicyclic amines) is 1. The molecule has 0 aromatic heterocycles. The highest BCUT2D eigenvalue weighted by Gasteiger charge is 2.27. The smallest absolute Gasteiger partial charge is 0.254 e. The van der Waals surface area contributed by atoms with Crippen LogP contribution in [0.2, 0.25) is 0 Å². The van der Waals surface area contributed by atoms with Crippen LogP contribution in [0, 0.1) is 5.92 Å². The summed E-state index contributed by atoms with van der Waals surface area (Å²) in [5, 5.41) is 0. The highest BCUT2D eigenvalue weighted by Crippen LogP contribution is 2.20. The molecule has 1 amide bonds. The fourth-order valence-electron chi connectivity index (χ4n) is 2.44. The Bertz CT molecular complexity index is 473. The quantitative estimate of drug-likeness (QED) is 0.921. The Morgan fingerprint density at radius 3 is 2.85 bits per heavy atom. The van der Waals surface area contributed by atoms with Crippen LogP contribution < -0.4 is 10.5 Å². The standard InChI is InChI=1S/C16H24N2O2/c1-11(2)20-14-6-4-5-13(9-14)16(19)18-8-7-12(3)15(17)10-18/h4-6,9,11-12,15H,7-8,10,17H2,1-3H3. The summed E-state index contributed by atoms with van der Waals surface area (Å²) in [4.78, 5) is 14.4. The molecule has 1 saturated heterocycles. The lowest BCUT2D eigenvalue weighted by Crippen LogP contribution is -2.49.